The minimum atomic E-state index is -3.67. The molecule has 8 aromatic rings. The molecule has 218 valence electrons. The van der Waals surface area contributed by atoms with E-state index in [1.165, 1.54) is 0 Å². The minimum absolute atomic E-state index is 0.255. The van der Waals surface area contributed by atoms with E-state index in [0.29, 0.717) is 39.1 Å². The first-order valence-electron chi connectivity index (χ1n) is 14.9. The maximum Gasteiger partial charge on any atom is 0.207 e. The first-order chi connectivity index (χ1) is 22.5. The Hall–Kier alpha value is -5.92. The van der Waals surface area contributed by atoms with Gasteiger partial charge >= 0.3 is 0 Å². The Bertz CT molecular complexity index is 2590. The van der Waals surface area contributed by atoms with Gasteiger partial charge in [0.1, 0.15) is 11.2 Å². The van der Waals surface area contributed by atoms with Gasteiger partial charge in [0.15, 0.2) is 17.5 Å². The molecule has 3 heterocycles. The van der Waals surface area contributed by atoms with Crippen LogP contribution in [0.3, 0.4) is 0 Å². The predicted octanol–water partition coefficient (Wildman–Crippen LogP) is 9.25. The van der Waals surface area contributed by atoms with Crippen molar-refractivity contribution in [3.63, 3.8) is 0 Å². The Balaban J connectivity index is 1.21. The minimum Gasteiger partial charge on any atom is -0.456 e. The molecule has 7 heteroatoms. The summed E-state index contributed by atoms with van der Waals surface area (Å²) in [6.45, 7) is 0. The van der Waals surface area contributed by atoms with Crippen LogP contribution in [0, 0.1) is 0 Å². The van der Waals surface area contributed by atoms with Crippen molar-refractivity contribution in [2.75, 3.05) is 0 Å². The average Bonchev–Trinajstić information content (AvgIpc) is 3.60. The quantitative estimate of drug-likeness (QED) is 0.197. The molecular formula is C39H23N3O3S. The highest BCUT2D eigenvalue weighted by Crippen LogP contribution is 2.44. The average molecular weight is 614 g/mol. The molecule has 0 fully saturated rings. The van der Waals surface area contributed by atoms with Gasteiger partial charge in [-0.15, -0.1) is 0 Å². The highest BCUT2D eigenvalue weighted by atomic mass is 32.2. The van der Waals surface area contributed by atoms with Crippen LogP contribution in [-0.2, 0) is 9.84 Å². The molecule has 46 heavy (non-hydrogen) atoms. The van der Waals surface area contributed by atoms with Gasteiger partial charge in [0.2, 0.25) is 9.84 Å². The maximum absolute atomic E-state index is 13.5. The summed E-state index contributed by atoms with van der Waals surface area (Å²) in [4.78, 5) is 15.3. The first kappa shape index (κ1) is 26.5. The van der Waals surface area contributed by atoms with Crippen molar-refractivity contribution < 1.29 is 12.8 Å². The van der Waals surface area contributed by atoms with E-state index in [9.17, 15) is 8.42 Å². The Kier molecular flexibility index (Phi) is 5.79. The zero-order chi connectivity index (χ0) is 30.8. The fourth-order valence-corrected chi connectivity index (χ4v) is 7.93. The Morgan fingerprint density at radius 2 is 0.957 bits per heavy atom. The smallest absolute Gasteiger partial charge is 0.207 e. The summed E-state index contributed by atoms with van der Waals surface area (Å²) in [6.07, 6.45) is 0. The molecule has 6 nitrogen and oxygen atoms in total. The fraction of sp³-hybridized carbons (Fsp3) is 0. The van der Waals surface area contributed by atoms with Crippen molar-refractivity contribution in [3.8, 4) is 56.4 Å². The van der Waals surface area contributed by atoms with Gasteiger partial charge in [-0.25, -0.2) is 23.4 Å². The fourth-order valence-electron chi connectivity index (χ4n) is 6.22. The van der Waals surface area contributed by atoms with Crippen LogP contribution < -0.4 is 0 Å². The molecule has 0 radical (unpaired) electrons. The lowest BCUT2D eigenvalue weighted by Gasteiger charge is -2.10. The second kappa shape index (κ2) is 10.1. The zero-order valence-corrected chi connectivity index (χ0v) is 25.1. The van der Waals surface area contributed by atoms with Gasteiger partial charge in [0, 0.05) is 38.6 Å². The van der Waals surface area contributed by atoms with E-state index < -0.39 is 9.84 Å². The number of rotatable bonds is 4. The predicted molar refractivity (Wildman–Crippen MR) is 180 cm³/mol. The van der Waals surface area contributed by atoms with E-state index in [2.05, 4.69) is 12.1 Å². The molecular weight excluding hydrogens is 591 g/mol. The molecule has 1 aliphatic rings. The number of furan rings is 1. The molecule has 2 aromatic heterocycles. The summed E-state index contributed by atoms with van der Waals surface area (Å²) in [7, 11) is -3.67. The van der Waals surface area contributed by atoms with E-state index in [4.69, 9.17) is 19.4 Å². The Morgan fingerprint density at radius 3 is 1.76 bits per heavy atom. The van der Waals surface area contributed by atoms with Gasteiger partial charge in [-0.1, -0.05) is 109 Å². The molecule has 1 aliphatic heterocycles. The van der Waals surface area contributed by atoms with Crippen molar-refractivity contribution in [2.24, 2.45) is 0 Å². The van der Waals surface area contributed by atoms with Gasteiger partial charge < -0.3 is 4.42 Å². The second-order valence-corrected chi connectivity index (χ2v) is 13.2. The number of hydrogen-bond acceptors (Lipinski definition) is 6. The topological polar surface area (TPSA) is 86.0 Å². The van der Waals surface area contributed by atoms with Crippen LogP contribution in [-0.4, -0.2) is 23.4 Å². The van der Waals surface area contributed by atoms with Crippen LogP contribution >= 0.6 is 0 Å². The third-order valence-electron chi connectivity index (χ3n) is 8.52. The van der Waals surface area contributed by atoms with E-state index in [1.807, 2.05) is 109 Å². The van der Waals surface area contributed by atoms with E-state index in [0.717, 1.165) is 44.2 Å². The molecule has 0 saturated heterocycles. The zero-order valence-electron chi connectivity index (χ0n) is 24.3. The lowest BCUT2D eigenvalue weighted by atomic mass is 10.0. The van der Waals surface area contributed by atoms with Crippen LogP contribution in [0.1, 0.15) is 0 Å². The Labute approximate surface area is 264 Å². The summed E-state index contributed by atoms with van der Waals surface area (Å²) in [5.41, 5.74) is 7.30. The Morgan fingerprint density at radius 1 is 0.413 bits per heavy atom. The summed E-state index contributed by atoms with van der Waals surface area (Å²) in [6, 6.07) is 44.6. The molecule has 0 bridgehead atoms. The van der Waals surface area contributed by atoms with E-state index in [1.54, 1.807) is 18.2 Å². The van der Waals surface area contributed by atoms with Gasteiger partial charge in [0.25, 0.3) is 0 Å². The van der Waals surface area contributed by atoms with Crippen LogP contribution in [0.25, 0.3) is 78.4 Å². The van der Waals surface area contributed by atoms with Crippen molar-refractivity contribution in [1.82, 2.24) is 15.0 Å². The van der Waals surface area contributed by atoms with Crippen LogP contribution in [0.2, 0.25) is 0 Å². The standard InChI is InChI=1S/C39H23N3O3S/c43-46(44)35-13-7-5-11-31(35)32-21-19-28(23-36(32)46)39-41-37(26-16-14-25(15-17-26)24-8-2-1-3-9-24)40-38(42-39)27-18-20-30-29-10-4-6-12-33(29)45-34(30)22-27/h1-23H. The molecule has 0 saturated carbocycles. The molecule has 0 unspecified atom stereocenters. The number of fused-ring (bicyclic) bond motifs is 6. The molecule has 0 spiro atoms. The van der Waals surface area contributed by atoms with Gasteiger partial charge in [-0.2, -0.15) is 0 Å². The third kappa shape index (κ3) is 4.17. The van der Waals surface area contributed by atoms with Crippen LogP contribution in [0.5, 0.6) is 0 Å². The summed E-state index contributed by atoms with van der Waals surface area (Å²) in [5.74, 6) is 1.32. The van der Waals surface area contributed by atoms with E-state index >= 15 is 0 Å². The lowest BCUT2D eigenvalue weighted by Crippen LogP contribution is -2.01. The van der Waals surface area contributed by atoms with Crippen molar-refractivity contribution in [2.45, 2.75) is 9.79 Å². The molecule has 0 amide bonds. The van der Waals surface area contributed by atoms with Crippen molar-refractivity contribution >= 4 is 31.8 Å². The maximum atomic E-state index is 13.5. The van der Waals surface area contributed by atoms with Crippen LogP contribution in [0.4, 0.5) is 0 Å². The van der Waals surface area contributed by atoms with Crippen molar-refractivity contribution in [3.05, 3.63) is 140 Å². The highest BCUT2D eigenvalue weighted by molar-refractivity contribution is 7.92. The summed E-state index contributed by atoms with van der Waals surface area (Å²) >= 11 is 0. The number of benzene rings is 6. The van der Waals surface area contributed by atoms with Gasteiger partial charge in [0.05, 0.1) is 9.79 Å². The first-order valence-corrected chi connectivity index (χ1v) is 16.3. The van der Waals surface area contributed by atoms with Gasteiger partial charge in [-0.3, -0.25) is 0 Å². The number of para-hydroxylation sites is 1. The number of aromatic nitrogens is 3. The SMILES string of the molecule is O=S1(=O)c2ccccc2-c2ccc(-c3nc(-c4ccc(-c5ccccc5)cc4)nc(-c4ccc5c(c4)oc4ccccc45)n3)cc21. The molecule has 6 aromatic carbocycles. The largest absolute Gasteiger partial charge is 0.456 e. The third-order valence-corrected chi connectivity index (χ3v) is 10.4. The van der Waals surface area contributed by atoms with Crippen molar-refractivity contribution in [1.29, 1.82) is 0 Å². The second-order valence-electron chi connectivity index (χ2n) is 11.3. The van der Waals surface area contributed by atoms with E-state index in [-0.39, 0.29) is 4.90 Å². The molecule has 9 rings (SSSR count). The lowest BCUT2D eigenvalue weighted by molar-refractivity contribution is 0.598. The highest BCUT2D eigenvalue weighted by Gasteiger charge is 2.33. The summed E-state index contributed by atoms with van der Waals surface area (Å²) in [5, 5.41) is 2.05. The normalized spacial score (nSPS) is 13.1. The number of sulfone groups is 1. The molecule has 0 aliphatic carbocycles. The number of nitrogens with zero attached hydrogens (tertiary/aromatic N) is 3. The number of hydrogen-bond donors (Lipinski definition) is 0. The summed E-state index contributed by atoms with van der Waals surface area (Å²) < 4.78 is 33.2. The molecule has 0 N–H and O–H groups in total. The molecule has 0 atom stereocenters. The van der Waals surface area contributed by atoms with Gasteiger partial charge in [-0.05, 0) is 41.5 Å². The monoisotopic (exact) mass is 613 g/mol. The van der Waals surface area contributed by atoms with Crippen LogP contribution in [0.15, 0.2) is 154 Å².